The molecule has 0 amide bonds. The molecule has 0 nitrogen and oxygen atoms in total. The van der Waals surface area contributed by atoms with Crippen LogP contribution in [0.1, 0.15) is 20.2 Å². The lowest BCUT2D eigenvalue weighted by Crippen LogP contribution is -1.77. The van der Waals surface area contributed by atoms with Crippen molar-refractivity contribution in [2.75, 3.05) is 0 Å². The molecule has 0 spiro atoms. The van der Waals surface area contributed by atoms with Crippen LogP contribution in [0.2, 0.25) is 0 Å². The minimum absolute atomic E-state index is 0.370. The zero-order chi connectivity index (χ0) is 7.72. The van der Waals surface area contributed by atoms with E-state index in [1.165, 1.54) is 9.75 Å². The van der Waals surface area contributed by atoms with E-state index in [4.69, 9.17) is 23.2 Å². The van der Waals surface area contributed by atoms with Crippen LogP contribution in [-0.4, -0.2) is 0 Å². The van der Waals surface area contributed by atoms with Crippen molar-refractivity contribution in [1.82, 2.24) is 0 Å². The first-order valence-corrected chi connectivity index (χ1v) is 4.65. The van der Waals surface area contributed by atoms with Gasteiger partial charge < -0.3 is 0 Å². The second kappa shape index (κ2) is 3.12. The summed E-state index contributed by atoms with van der Waals surface area (Å²) in [5.41, 5.74) is 1.05. The number of rotatable bonds is 1. The number of hydrogen-bond donors (Lipinski definition) is 0. The van der Waals surface area contributed by atoms with E-state index < -0.39 is 0 Å². The third kappa shape index (κ3) is 1.66. The summed E-state index contributed by atoms with van der Waals surface area (Å²) >= 11 is 13.1. The van der Waals surface area contributed by atoms with Gasteiger partial charge in [-0.25, -0.2) is 0 Å². The first-order chi connectivity index (χ1) is 4.61. The molecule has 0 aliphatic heterocycles. The summed E-state index contributed by atoms with van der Waals surface area (Å²) in [6, 6.07) is 2.03. The van der Waals surface area contributed by atoms with E-state index in [0.29, 0.717) is 0 Å². The minimum atomic E-state index is -0.370. The van der Waals surface area contributed by atoms with Crippen LogP contribution in [0.3, 0.4) is 0 Å². The zero-order valence-electron chi connectivity index (χ0n) is 5.82. The Hall–Kier alpha value is 0.280. The molecule has 1 heterocycles. The average Bonchev–Trinajstić information content (AvgIpc) is 2.10. The van der Waals surface area contributed by atoms with E-state index in [-0.39, 0.29) is 4.84 Å². The summed E-state index contributed by atoms with van der Waals surface area (Å²) in [6.07, 6.45) is 0. The van der Waals surface area contributed by atoms with Crippen molar-refractivity contribution in [1.29, 1.82) is 0 Å². The Morgan fingerprint density at radius 3 is 2.20 bits per heavy atom. The smallest absolute Gasteiger partial charge is 0.133 e. The molecule has 0 unspecified atom stereocenters. The molecule has 0 bridgehead atoms. The molecule has 3 heteroatoms. The highest BCUT2D eigenvalue weighted by molar-refractivity contribution is 7.12. The van der Waals surface area contributed by atoms with Gasteiger partial charge in [-0.05, 0) is 25.5 Å². The maximum atomic E-state index is 5.69. The van der Waals surface area contributed by atoms with Crippen molar-refractivity contribution in [2.45, 2.75) is 18.7 Å². The highest BCUT2D eigenvalue weighted by atomic mass is 35.5. The molecule has 1 aromatic rings. The molecular formula is C7H8Cl2S. The van der Waals surface area contributed by atoms with Crippen molar-refractivity contribution in [3.63, 3.8) is 0 Å². The summed E-state index contributed by atoms with van der Waals surface area (Å²) in [6.45, 7) is 4.09. The minimum Gasteiger partial charge on any atom is -0.146 e. The Balaban J connectivity index is 3.03. The number of alkyl halides is 2. The summed E-state index contributed by atoms with van der Waals surface area (Å²) in [7, 11) is 0. The maximum Gasteiger partial charge on any atom is 0.133 e. The van der Waals surface area contributed by atoms with E-state index in [2.05, 4.69) is 6.92 Å². The van der Waals surface area contributed by atoms with Crippen LogP contribution < -0.4 is 0 Å². The Labute approximate surface area is 74.8 Å². The van der Waals surface area contributed by atoms with Gasteiger partial charge in [0.25, 0.3) is 0 Å². The first-order valence-electron chi connectivity index (χ1n) is 2.96. The van der Waals surface area contributed by atoms with Gasteiger partial charge in [-0.1, -0.05) is 0 Å². The molecule has 0 saturated heterocycles. The second-order valence-corrected chi connectivity index (χ2v) is 4.73. The molecule has 0 aromatic carbocycles. The van der Waals surface area contributed by atoms with E-state index in [1.807, 2.05) is 13.0 Å². The summed E-state index contributed by atoms with van der Waals surface area (Å²) in [5.74, 6) is 0. The lowest BCUT2D eigenvalue weighted by Gasteiger charge is -1.96. The lowest BCUT2D eigenvalue weighted by atomic mass is 10.3. The predicted molar refractivity (Wildman–Crippen MR) is 48.2 cm³/mol. The number of thiophene rings is 1. The third-order valence-corrected chi connectivity index (χ3v) is 2.77. The lowest BCUT2D eigenvalue weighted by molar-refractivity contribution is 1.32. The van der Waals surface area contributed by atoms with E-state index in [1.54, 1.807) is 11.3 Å². The Morgan fingerprint density at radius 2 is 2.00 bits per heavy atom. The Kier molecular flexibility index (Phi) is 2.61. The normalized spacial score (nSPS) is 10.9. The van der Waals surface area contributed by atoms with Gasteiger partial charge in [0.2, 0.25) is 0 Å². The highest BCUT2D eigenvalue weighted by Gasteiger charge is 2.08. The molecule has 0 N–H and O–H groups in total. The van der Waals surface area contributed by atoms with E-state index in [0.717, 1.165) is 5.56 Å². The summed E-state index contributed by atoms with van der Waals surface area (Å²) in [5, 5.41) is 0. The molecule has 56 valence electrons. The molecule has 1 aromatic heterocycles. The Morgan fingerprint density at radius 1 is 1.40 bits per heavy atom. The van der Waals surface area contributed by atoms with Crippen LogP contribution >= 0.6 is 34.5 Å². The predicted octanol–water partition coefficient (Wildman–Crippen LogP) is 3.84. The van der Waals surface area contributed by atoms with E-state index >= 15 is 0 Å². The first kappa shape index (κ1) is 8.38. The van der Waals surface area contributed by atoms with Crippen molar-refractivity contribution in [2.24, 2.45) is 0 Å². The molecular weight excluding hydrogens is 187 g/mol. The van der Waals surface area contributed by atoms with Crippen molar-refractivity contribution in [3.05, 3.63) is 21.4 Å². The highest BCUT2D eigenvalue weighted by Crippen LogP contribution is 2.32. The van der Waals surface area contributed by atoms with Gasteiger partial charge in [-0.2, -0.15) is 0 Å². The second-order valence-electron chi connectivity index (χ2n) is 2.17. The fraction of sp³-hybridized carbons (Fsp3) is 0.429. The van der Waals surface area contributed by atoms with Crippen molar-refractivity contribution >= 4 is 34.5 Å². The standard InChI is InChI=1S/C7H8Cl2S/c1-4-3-6(7(8)9)5(2)10-4/h3,7H,1-2H3. The number of halogens is 2. The molecule has 0 aliphatic carbocycles. The molecule has 0 saturated carbocycles. The van der Waals surface area contributed by atoms with Crippen LogP contribution in [-0.2, 0) is 0 Å². The van der Waals surface area contributed by atoms with Crippen LogP contribution in [0.5, 0.6) is 0 Å². The monoisotopic (exact) mass is 194 g/mol. The van der Waals surface area contributed by atoms with Gasteiger partial charge in [0.1, 0.15) is 4.84 Å². The third-order valence-electron chi connectivity index (χ3n) is 1.31. The van der Waals surface area contributed by atoms with Gasteiger partial charge in [-0.15, -0.1) is 34.5 Å². The van der Waals surface area contributed by atoms with Crippen LogP contribution in [0.25, 0.3) is 0 Å². The summed E-state index contributed by atoms with van der Waals surface area (Å²) < 4.78 is 0. The van der Waals surface area contributed by atoms with Gasteiger partial charge in [0.15, 0.2) is 0 Å². The van der Waals surface area contributed by atoms with E-state index in [9.17, 15) is 0 Å². The maximum absolute atomic E-state index is 5.69. The topological polar surface area (TPSA) is 0 Å². The zero-order valence-corrected chi connectivity index (χ0v) is 8.15. The Bertz CT molecular complexity index is 228. The van der Waals surface area contributed by atoms with Gasteiger partial charge in [0.05, 0.1) is 0 Å². The largest absolute Gasteiger partial charge is 0.146 e. The van der Waals surface area contributed by atoms with Crippen LogP contribution in [0.15, 0.2) is 6.07 Å². The fourth-order valence-corrected chi connectivity index (χ4v) is 2.41. The molecule has 0 fully saturated rings. The van der Waals surface area contributed by atoms with Crippen LogP contribution in [0, 0.1) is 13.8 Å². The molecule has 1 rings (SSSR count). The fourth-order valence-electron chi connectivity index (χ4n) is 0.867. The van der Waals surface area contributed by atoms with Crippen LogP contribution in [0.4, 0.5) is 0 Å². The molecule has 0 radical (unpaired) electrons. The average molecular weight is 195 g/mol. The molecule has 10 heavy (non-hydrogen) atoms. The van der Waals surface area contributed by atoms with Gasteiger partial charge >= 0.3 is 0 Å². The number of aryl methyl sites for hydroxylation is 2. The molecule has 0 atom stereocenters. The van der Waals surface area contributed by atoms with Crippen molar-refractivity contribution in [3.8, 4) is 0 Å². The number of hydrogen-bond acceptors (Lipinski definition) is 1. The van der Waals surface area contributed by atoms with Gasteiger partial charge in [-0.3, -0.25) is 0 Å². The summed E-state index contributed by atoms with van der Waals surface area (Å²) in [4.78, 5) is 2.11. The van der Waals surface area contributed by atoms with Crippen molar-refractivity contribution < 1.29 is 0 Å². The quantitative estimate of drug-likeness (QED) is 0.597. The van der Waals surface area contributed by atoms with Gasteiger partial charge in [0, 0.05) is 9.75 Å². The molecule has 0 aliphatic rings. The SMILES string of the molecule is Cc1cc(C(Cl)Cl)c(C)s1.